The molecule has 1 heterocycles. The van der Waals surface area contributed by atoms with E-state index in [9.17, 15) is 19.7 Å². The van der Waals surface area contributed by atoms with Gasteiger partial charge in [-0.1, -0.05) is 0 Å². The molecule has 2 amide bonds. The number of hydrogen-bond acceptors (Lipinski definition) is 7. The molecule has 0 bridgehead atoms. The van der Waals surface area contributed by atoms with Gasteiger partial charge in [-0.25, -0.2) is 0 Å². The number of carbonyl (C=O) groups excluding carboxylic acids is 2. The quantitative estimate of drug-likeness (QED) is 0.395. The van der Waals surface area contributed by atoms with Gasteiger partial charge in [0.2, 0.25) is 0 Å². The van der Waals surface area contributed by atoms with Gasteiger partial charge in [-0.15, -0.1) is 0 Å². The summed E-state index contributed by atoms with van der Waals surface area (Å²) in [7, 11) is 2.92. The fraction of sp³-hybridized carbons (Fsp3) is 0.231. The predicted molar refractivity (Wildman–Crippen MR) is 135 cm³/mol. The molecule has 0 radical (unpaired) electrons. The lowest BCUT2D eigenvalue weighted by Crippen LogP contribution is -2.48. The maximum Gasteiger partial charge on any atom is 0.311 e. The number of carbonyl (C=O) groups is 2. The van der Waals surface area contributed by atoms with Gasteiger partial charge in [0.25, 0.3) is 11.8 Å². The van der Waals surface area contributed by atoms with E-state index in [4.69, 9.17) is 9.47 Å². The average Bonchev–Trinajstić information content (AvgIpc) is 2.92. The summed E-state index contributed by atoms with van der Waals surface area (Å²) in [5.41, 5.74) is 2.06. The molecule has 0 aromatic heterocycles. The van der Waals surface area contributed by atoms with Crippen LogP contribution in [0.4, 0.5) is 17.1 Å². The predicted octanol–water partition coefficient (Wildman–Crippen LogP) is 3.83. The van der Waals surface area contributed by atoms with Crippen LogP contribution >= 0.6 is 0 Å². The van der Waals surface area contributed by atoms with Crippen LogP contribution in [0.5, 0.6) is 11.5 Å². The summed E-state index contributed by atoms with van der Waals surface area (Å²) >= 11 is 0. The van der Waals surface area contributed by atoms with E-state index in [2.05, 4.69) is 10.2 Å². The summed E-state index contributed by atoms with van der Waals surface area (Å²) in [6, 6.07) is 18.5. The molecule has 0 spiro atoms. The Balaban J connectivity index is 1.34. The number of nitro benzene ring substituents is 1. The SMILES string of the molecule is COc1ccc(C(=O)N2CCN(c3ccc(NC(=O)c4ccc(OC)c([N+](=O)[O-])c4)cc3)CC2)cc1. The summed E-state index contributed by atoms with van der Waals surface area (Å²) in [5, 5.41) is 14.0. The molecule has 0 unspecified atom stereocenters. The molecule has 4 rings (SSSR count). The Morgan fingerprint density at radius 2 is 1.50 bits per heavy atom. The lowest BCUT2D eigenvalue weighted by atomic mass is 10.1. The Labute approximate surface area is 208 Å². The van der Waals surface area contributed by atoms with Crippen LogP contribution < -0.4 is 19.7 Å². The molecular formula is C26H26N4O6. The second-order valence-corrected chi connectivity index (χ2v) is 8.15. The van der Waals surface area contributed by atoms with Gasteiger partial charge in [0.05, 0.1) is 19.1 Å². The molecule has 36 heavy (non-hydrogen) atoms. The van der Waals surface area contributed by atoms with Crippen molar-refractivity contribution in [3.05, 3.63) is 88.0 Å². The number of nitrogens with zero attached hydrogens (tertiary/aromatic N) is 3. The van der Waals surface area contributed by atoms with Crippen LogP contribution in [0.25, 0.3) is 0 Å². The monoisotopic (exact) mass is 490 g/mol. The number of hydrogen-bond donors (Lipinski definition) is 1. The first-order chi connectivity index (χ1) is 17.4. The molecular weight excluding hydrogens is 464 g/mol. The van der Waals surface area contributed by atoms with Crippen LogP contribution in [0, 0.1) is 10.1 Å². The topological polar surface area (TPSA) is 114 Å². The number of anilines is 2. The van der Waals surface area contributed by atoms with Crippen molar-refractivity contribution in [1.29, 1.82) is 0 Å². The first kappa shape index (κ1) is 24.5. The molecule has 1 N–H and O–H groups in total. The highest BCUT2D eigenvalue weighted by Crippen LogP contribution is 2.28. The van der Waals surface area contributed by atoms with Crippen LogP contribution in [0.3, 0.4) is 0 Å². The maximum absolute atomic E-state index is 12.8. The minimum atomic E-state index is -0.589. The number of nitrogens with one attached hydrogen (secondary N) is 1. The van der Waals surface area contributed by atoms with Gasteiger partial charge < -0.3 is 24.6 Å². The van der Waals surface area contributed by atoms with E-state index in [-0.39, 0.29) is 22.9 Å². The third-order valence-corrected chi connectivity index (χ3v) is 6.03. The smallest absolute Gasteiger partial charge is 0.311 e. The number of methoxy groups -OCH3 is 2. The van der Waals surface area contributed by atoms with Gasteiger partial charge in [-0.3, -0.25) is 19.7 Å². The molecule has 186 valence electrons. The van der Waals surface area contributed by atoms with Gasteiger partial charge in [-0.2, -0.15) is 0 Å². The zero-order valence-electron chi connectivity index (χ0n) is 20.0. The van der Waals surface area contributed by atoms with Crippen LogP contribution in [0.1, 0.15) is 20.7 Å². The van der Waals surface area contributed by atoms with E-state index < -0.39 is 10.8 Å². The van der Waals surface area contributed by atoms with Gasteiger partial charge >= 0.3 is 5.69 Å². The highest BCUT2D eigenvalue weighted by Gasteiger charge is 2.23. The molecule has 1 aliphatic heterocycles. The molecule has 1 fully saturated rings. The molecule has 3 aromatic carbocycles. The van der Waals surface area contributed by atoms with Gasteiger partial charge in [-0.05, 0) is 60.7 Å². The fourth-order valence-corrected chi connectivity index (χ4v) is 4.02. The van der Waals surface area contributed by atoms with Crippen molar-refractivity contribution in [2.24, 2.45) is 0 Å². The van der Waals surface area contributed by atoms with E-state index in [0.717, 1.165) is 5.69 Å². The van der Waals surface area contributed by atoms with Crippen molar-refractivity contribution in [2.75, 3.05) is 50.6 Å². The van der Waals surface area contributed by atoms with Crippen molar-refractivity contribution >= 4 is 28.9 Å². The third kappa shape index (κ3) is 5.38. The summed E-state index contributed by atoms with van der Waals surface area (Å²) in [6.07, 6.45) is 0. The maximum atomic E-state index is 12.8. The second-order valence-electron chi connectivity index (χ2n) is 8.15. The molecule has 0 atom stereocenters. The number of nitro groups is 1. The Morgan fingerprint density at radius 3 is 2.08 bits per heavy atom. The van der Waals surface area contributed by atoms with E-state index in [1.54, 1.807) is 43.5 Å². The van der Waals surface area contributed by atoms with Crippen LogP contribution in [-0.2, 0) is 0 Å². The second kappa shape index (κ2) is 10.8. The highest BCUT2D eigenvalue weighted by atomic mass is 16.6. The van der Waals surface area contributed by atoms with Crippen LogP contribution in [-0.4, -0.2) is 62.0 Å². The van der Waals surface area contributed by atoms with Gasteiger partial charge in [0, 0.05) is 54.7 Å². The van der Waals surface area contributed by atoms with Crippen molar-refractivity contribution in [1.82, 2.24) is 4.90 Å². The number of benzene rings is 3. The van der Waals surface area contributed by atoms with Crippen molar-refractivity contribution < 1.29 is 24.0 Å². The lowest BCUT2D eigenvalue weighted by Gasteiger charge is -2.36. The van der Waals surface area contributed by atoms with Crippen LogP contribution in [0.15, 0.2) is 66.7 Å². The van der Waals surface area contributed by atoms with E-state index in [0.29, 0.717) is 43.2 Å². The Hall–Kier alpha value is -4.60. The zero-order chi connectivity index (χ0) is 25.7. The van der Waals surface area contributed by atoms with Crippen molar-refractivity contribution in [3.63, 3.8) is 0 Å². The Bertz CT molecular complexity index is 1250. The third-order valence-electron chi connectivity index (χ3n) is 6.03. The molecule has 10 heteroatoms. The minimum absolute atomic E-state index is 0.00543. The number of ether oxygens (including phenoxy) is 2. The first-order valence-corrected chi connectivity index (χ1v) is 11.3. The molecule has 0 aliphatic carbocycles. The highest BCUT2D eigenvalue weighted by molar-refractivity contribution is 6.05. The lowest BCUT2D eigenvalue weighted by molar-refractivity contribution is -0.385. The summed E-state index contributed by atoms with van der Waals surface area (Å²) in [5.74, 6) is 0.335. The normalized spacial score (nSPS) is 13.2. The number of rotatable bonds is 7. The summed E-state index contributed by atoms with van der Waals surface area (Å²) < 4.78 is 10.1. The molecule has 3 aromatic rings. The van der Waals surface area contributed by atoms with E-state index >= 15 is 0 Å². The summed E-state index contributed by atoms with van der Waals surface area (Å²) in [4.78, 5) is 40.0. The van der Waals surface area contributed by atoms with Crippen LogP contribution in [0.2, 0.25) is 0 Å². The number of amides is 2. The zero-order valence-corrected chi connectivity index (χ0v) is 20.0. The first-order valence-electron chi connectivity index (χ1n) is 11.3. The largest absolute Gasteiger partial charge is 0.497 e. The molecule has 1 aliphatic rings. The molecule has 10 nitrogen and oxygen atoms in total. The number of piperazine rings is 1. The van der Waals surface area contributed by atoms with Gasteiger partial charge in [0.1, 0.15) is 5.75 Å². The molecule has 1 saturated heterocycles. The van der Waals surface area contributed by atoms with E-state index in [1.807, 2.05) is 17.0 Å². The Morgan fingerprint density at radius 1 is 0.861 bits per heavy atom. The average molecular weight is 491 g/mol. The standard InChI is InChI=1S/C26H26N4O6/c1-35-22-10-3-18(4-11-22)26(32)29-15-13-28(14-16-29)21-8-6-20(7-9-21)27-25(31)19-5-12-24(36-2)23(17-19)30(33)34/h3-12,17H,13-16H2,1-2H3,(H,27,31). The van der Waals surface area contributed by atoms with Crippen molar-refractivity contribution in [2.45, 2.75) is 0 Å². The Kier molecular flexibility index (Phi) is 7.33. The fourth-order valence-electron chi connectivity index (χ4n) is 4.02. The van der Waals surface area contributed by atoms with Gasteiger partial charge in [0.15, 0.2) is 5.75 Å². The minimum Gasteiger partial charge on any atom is -0.497 e. The summed E-state index contributed by atoms with van der Waals surface area (Å²) in [6.45, 7) is 2.56. The van der Waals surface area contributed by atoms with E-state index in [1.165, 1.54) is 25.3 Å². The molecule has 0 saturated carbocycles. The van der Waals surface area contributed by atoms with Crippen molar-refractivity contribution in [3.8, 4) is 11.5 Å².